The standard InChI is InChI=1S/C13H12BrNO3/c14-10-3-1-9(2-4-10)11-5-6-12(13(17)18)15(11)7-8-16/h1-6,16H,7-8H2,(H,17,18). The Morgan fingerprint density at radius 3 is 2.39 bits per heavy atom. The lowest BCUT2D eigenvalue weighted by atomic mass is 10.1. The molecular formula is C13H12BrNO3. The van der Waals surface area contributed by atoms with E-state index in [1.165, 1.54) is 0 Å². The van der Waals surface area contributed by atoms with Gasteiger partial charge in [-0.3, -0.25) is 0 Å². The molecule has 2 rings (SSSR count). The zero-order chi connectivity index (χ0) is 13.1. The maximum absolute atomic E-state index is 11.1. The molecule has 0 spiro atoms. The van der Waals surface area contributed by atoms with Crippen LogP contribution in [0.1, 0.15) is 10.5 Å². The Balaban J connectivity index is 2.50. The second-order valence-corrected chi connectivity index (χ2v) is 4.71. The van der Waals surface area contributed by atoms with Crippen molar-refractivity contribution < 1.29 is 15.0 Å². The SMILES string of the molecule is O=C(O)c1ccc(-c2ccc(Br)cc2)n1CCO. The van der Waals surface area contributed by atoms with Crippen LogP contribution in [0, 0.1) is 0 Å². The van der Waals surface area contributed by atoms with E-state index >= 15 is 0 Å². The number of aliphatic hydroxyl groups excluding tert-OH is 1. The van der Waals surface area contributed by atoms with Gasteiger partial charge in [-0.2, -0.15) is 0 Å². The predicted molar refractivity (Wildman–Crippen MR) is 71.6 cm³/mol. The molecular weight excluding hydrogens is 298 g/mol. The normalized spacial score (nSPS) is 10.6. The van der Waals surface area contributed by atoms with Crippen LogP contribution in [0.5, 0.6) is 0 Å². The van der Waals surface area contributed by atoms with Crippen molar-refractivity contribution in [3.63, 3.8) is 0 Å². The van der Waals surface area contributed by atoms with Gasteiger partial charge in [-0.05, 0) is 29.8 Å². The highest BCUT2D eigenvalue weighted by Crippen LogP contribution is 2.24. The first-order valence-electron chi connectivity index (χ1n) is 5.43. The van der Waals surface area contributed by atoms with E-state index in [0.29, 0.717) is 0 Å². The Kier molecular flexibility index (Phi) is 3.84. The third-order valence-electron chi connectivity index (χ3n) is 2.66. The average molecular weight is 310 g/mol. The Bertz CT molecular complexity index is 560. The highest BCUT2D eigenvalue weighted by Gasteiger charge is 2.14. The Morgan fingerprint density at radius 2 is 1.83 bits per heavy atom. The molecule has 18 heavy (non-hydrogen) atoms. The van der Waals surface area contributed by atoms with Gasteiger partial charge < -0.3 is 14.8 Å². The van der Waals surface area contributed by atoms with Crippen molar-refractivity contribution in [2.75, 3.05) is 6.61 Å². The molecule has 1 aromatic heterocycles. The van der Waals surface area contributed by atoms with Crippen molar-refractivity contribution in [3.8, 4) is 11.3 Å². The van der Waals surface area contributed by atoms with Crippen molar-refractivity contribution in [3.05, 3.63) is 46.6 Å². The van der Waals surface area contributed by atoms with E-state index in [1.54, 1.807) is 16.7 Å². The van der Waals surface area contributed by atoms with E-state index in [1.807, 2.05) is 24.3 Å². The number of carboxylic acid groups (broad SMARTS) is 1. The first kappa shape index (κ1) is 12.9. The lowest BCUT2D eigenvalue weighted by Gasteiger charge is -2.10. The van der Waals surface area contributed by atoms with Crippen LogP contribution in [0.2, 0.25) is 0 Å². The van der Waals surface area contributed by atoms with Gasteiger partial charge in [0.15, 0.2) is 0 Å². The first-order chi connectivity index (χ1) is 8.63. The summed E-state index contributed by atoms with van der Waals surface area (Å²) in [6.07, 6.45) is 0. The number of hydrogen-bond acceptors (Lipinski definition) is 2. The van der Waals surface area contributed by atoms with Crippen LogP contribution in [0.15, 0.2) is 40.9 Å². The van der Waals surface area contributed by atoms with Crippen molar-refractivity contribution in [1.82, 2.24) is 4.57 Å². The summed E-state index contributed by atoms with van der Waals surface area (Å²) in [5, 5.41) is 18.1. The summed E-state index contributed by atoms with van der Waals surface area (Å²) in [7, 11) is 0. The van der Waals surface area contributed by atoms with Gasteiger partial charge in [0.2, 0.25) is 0 Å². The number of benzene rings is 1. The number of aromatic nitrogens is 1. The highest BCUT2D eigenvalue weighted by atomic mass is 79.9. The van der Waals surface area contributed by atoms with Gasteiger partial charge >= 0.3 is 5.97 Å². The third kappa shape index (κ3) is 2.47. The summed E-state index contributed by atoms with van der Waals surface area (Å²) in [5.74, 6) is -0.994. The third-order valence-corrected chi connectivity index (χ3v) is 3.19. The fraction of sp³-hybridized carbons (Fsp3) is 0.154. The van der Waals surface area contributed by atoms with Crippen LogP contribution < -0.4 is 0 Å². The van der Waals surface area contributed by atoms with E-state index in [4.69, 9.17) is 10.2 Å². The van der Waals surface area contributed by atoms with Gasteiger partial charge in [-0.1, -0.05) is 28.1 Å². The molecule has 0 aliphatic heterocycles. The molecule has 0 fully saturated rings. The molecule has 2 aromatic rings. The first-order valence-corrected chi connectivity index (χ1v) is 6.22. The quantitative estimate of drug-likeness (QED) is 0.912. The number of aliphatic hydroxyl groups is 1. The molecule has 0 atom stereocenters. The molecule has 0 amide bonds. The lowest BCUT2D eigenvalue weighted by Crippen LogP contribution is -2.11. The Morgan fingerprint density at radius 1 is 1.17 bits per heavy atom. The molecule has 0 aliphatic rings. The predicted octanol–water partition coefficient (Wildman–Crippen LogP) is 2.61. The number of aromatic carboxylic acids is 1. The second kappa shape index (κ2) is 5.37. The molecule has 1 aromatic carbocycles. The smallest absolute Gasteiger partial charge is 0.352 e. The molecule has 1 heterocycles. The van der Waals surface area contributed by atoms with Crippen molar-refractivity contribution in [2.45, 2.75) is 6.54 Å². The molecule has 2 N–H and O–H groups in total. The van der Waals surface area contributed by atoms with E-state index in [9.17, 15) is 4.79 Å². The van der Waals surface area contributed by atoms with Gasteiger partial charge in [-0.25, -0.2) is 4.79 Å². The van der Waals surface area contributed by atoms with E-state index < -0.39 is 5.97 Å². The van der Waals surface area contributed by atoms with Crippen molar-refractivity contribution in [2.24, 2.45) is 0 Å². The molecule has 0 unspecified atom stereocenters. The van der Waals surface area contributed by atoms with E-state index in [0.717, 1.165) is 15.7 Å². The monoisotopic (exact) mass is 309 g/mol. The number of carbonyl (C=O) groups is 1. The zero-order valence-electron chi connectivity index (χ0n) is 9.51. The van der Waals surface area contributed by atoms with Gasteiger partial charge in [0.1, 0.15) is 5.69 Å². The van der Waals surface area contributed by atoms with Gasteiger partial charge in [0.05, 0.1) is 6.61 Å². The van der Waals surface area contributed by atoms with Gasteiger partial charge in [0.25, 0.3) is 0 Å². The fourth-order valence-electron chi connectivity index (χ4n) is 1.87. The average Bonchev–Trinajstić information content (AvgIpc) is 2.74. The Labute approximate surface area is 113 Å². The molecule has 0 saturated heterocycles. The maximum Gasteiger partial charge on any atom is 0.352 e. The van der Waals surface area contributed by atoms with Gasteiger partial charge in [0, 0.05) is 16.7 Å². The number of hydrogen-bond donors (Lipinski definition) is 2. The molecule has 94 valence electrons. The van der Waals surface area contributed by atoms with Crippen molar-refractivity contribution >= 4 is 21.9 Å². The number of carboxylic acids is 1. The number of nitrogens with zero attached hydrogens (tertiary/aromatic N) is 1. The fourth-order valence-corrected chi connectivity index (χ4v) is 2.13. The molecule has 0 bridgehead atoms. The number of halogens is 1. The summed E-state index contributed by atoms with van der Waals surface area (Å²) in [5.41, 5.74) is 1.88. The van der Waals surface area contributed by atoms with Crippen LogP contribution in [0.25, 0.3) is 11.3 Å². The van der Waals surface area contributed by atoms with Crippen LogP contribution >= 0.6 is 15.9 Å². The molecule has 0 aliphatic carbocycles. The number of rotatable bonds is 4. The highest BCUT2D eigenvalue weighted by molar-refractivity contribution is 9.10. The summed E-state index contributed by atoms with van der Waals surface area (Å²) < 4.78 is 2.57. The summed E-state index contributed by atoms with van der Waals surface area (Å²) in [6, 6.07) is 10.9. The minimum Gasteiger partial charge on any atom is -0.477 e. The van der Waals surface area contributed by atoms with Crippen LogP contribution in [0.3, 0.4) is 0 Å². The Hall–Kier alpha value is -1.59. The summed E-state index contributed by atoms with van der Waals surface area (Å²) in [6.45, 7) is 0.165. The topological polar surface area (TPSA) is 62.5 Å². The van der Waals surface area contributed by atoms with Crippen LogP contribution in [-0.2, 0) is 6.54 Å². The lowest BCUT2D eigenvalue weighted by molar-refractivity contribution is 0.0684. The molecule has 5 heteroatoms. The summed E-state index contributed by atoms with van der Waals surface area (Å²) >= 11 is 3.35. The van der Waals surface area contributed by atoms with E-state index in [-0.39, 0.29) is 18.8 Å². The molecule has 0 radical (unpaired) electrons. The largest absolute Gasteiger partial charge is 0.477 e. The van der Waals surface area contributed by atoms with Crippen molar-refractivity contribution in [1.29, 1.82) is 0 Å². The van der Waals surface area contributed by atoms with Crippen LogP contribution in [0.4, 0.5) is 0 Å². The molecule has 0 saturated carbocycles. The summed E-state index contributed by atoms with van der Waals surface area (Å²) in [4.78, 5) is 11.1. The minimum absolute atomic E-state index is 0.0987. The van der Waals surface area contributed by atoms with Crippen LogP contribution in [-0.4, -0.2) is 27.4 Å². The minimum atomic E-state index is -0.994. The maximum atomic E-state index is 11.1. The second-order valence-electron chi connectivity index (χ2n) is 3.79. The van der Waals surface area contributed by atoms with E-state index in [2.05, 4.69) is 15.9 Å². The molecule has 4 nitrogen and oxygen atoms in total. The zero-order valence-corrected chi connectivity index (χ0v) is 11.1. The van der Waals surface area contributed by atoms with Gasteiger partial charge in [-0.15, -0.1) is 0 Å².